The Morgan fingerprint density at radius 1 is 1.25 bits per heavy atom. The predicted octanol–water partition coefficient (Wildman–Crippen LogP) is 1.47. The number of amides is 4. The lowest BCUT2D eigenvalue weighted by atomic mass is 9.86. The Bertz CT molecular complexity index is 698. The predicted molar refractivity (Wildman–Crippen MR) is 84.7 cm³/mol. The van der Waals surface area contributed by atoms with Crippen LogP contribution in [0.4, 0.5) is 9.18 Å². The number of likely N-dealkylation sites (tertiary alicyclic amines) is 1. The maximum atomic E-state index is 13.9. The molecule has 2 aliphatic rings. The zero-order valence-electron chi connectivity index (χ0n) is 13.7. The molecule has 6 nitrogen and oxygen atoms in total. The van der Waals surface area contributed by atoms with Gasteiger partial charge in [0.05, 0.1) is 5.92 Å². The molecule has 3 rings (SSSR count). The molecule has 24 heavy (non-hydrogen) atoms. The van der Waals surface area contributed by atoms with Crippen LogP contribution >= 0.6 is 0 Å². The number of benzene rings is 1. The molecule has 1 N–H and O–H groups in total. The summed E-state index contributed by atoms with van der Waals surface area (Å²) in [6.07, 6.45) is 0.745. The maximum absolute atomic E-state index is 13.9. The monoisotopic (exact) mass is 333 g/mol. The fraction of sp³-hybridized carbons (Fsp3) is 0.471. The van der Waals surface area contributed by atoms with E-state index in [0.29, 0.717) is 31.5 Å². The van der Waals surface area contributed by atoms with E-state index in [-0.39, 0.29) is 11.8 Å². The minimum Gasteiger partial charge on any atom is -0.342 e. The Balaban J connectivity index is 1.69. The first-order valence-corrected chi connectivity index (χ1v) is 7.99. The van der Waals surface area contributed by atoms with Gasteiger partial charge in [0, 0.05) is 20.1 Å². The summed E-state index contributed by atoms with van der Waals surface area (Å²) in [6, 6.07) is 5.84. The lowest BCUT2D eigenvalue weighted by molar-refractivity contribution is -0.138. The third-order valence-corrected chi connectivity index (χ3v) is 5.04. The number of carbonyl (C=O) groups excluding carboxylic acids is 3. The van der Waals surface area contributed by atoms with E-state index in [1.807, 2.05) is 0 Å². The highest BCUT2D eigenvalue weighted by Gasteiger charge is 2.51. The first kappa shape index (κ1) is 16.4. The molecule has 1 aromatic rings. The van der Waals surface area contributed by atoms with E-state index < -0.39 is 23.3 Å². The molecule has 2 saturated heterocycles. The number of hydrogen-bond acceptors (Lipinski definition) is 3. The Morgan fingerprint density at radius 2 is 1.88 bits per heavy atom. The van der Waals surface area contributed by atoms with Gasteiger partial charge in [-0.1, -0.05) is 18.2 Å². The average molecular weight is 333 g/mol. The molecular weight excluding hydrogens is 313 g/mol. The number of hydrogen-bond donors (Lipinski definition) is 1. The topological polar surface area (TPSA) is 69.7 Å². The lowest BCUT2D eigenvalue weighted by Gasteiger charge is -2.38. The SMILES string of the molecule is CC(C(=O)N1CCC2(CC1)NC(=O)N(C)C2=O)c1ccccc1F. The maximum Gasteiger partial charge on any atom is 0.324 e. The van der Waals surface area contributed by atoms with Crippen LogP contribution in [0.25, 0.3) is 0 Å². The van der Waals surface area contributed by atoms with Crippen LogP contribution in [-0.4, -0.2) is 53.3 Å². The minimum atomic E-state index is -0.899. The van der Waals surface area contributed by atoms with Gasteiger partial charge in [0.2, 0.25) is 5.91 Å². The molecular formula is C17H20FN3O3. The molecule has 4 amide bonds. The van der Waals surface area contributed by atoms with Crippen molar-refractivity contribution in [2.24, 2.45) is 0 Å². The van der Waals surface area contributed by atoms with E-state index in [1.54, 1.807) is 30.0 Å². The second-order valence-electron chi connectivity index (χ2n) is 6.44. The Hall–Kier alpha value is -2.44. The van der Waals surface area contributed by atoms with Gasteiger partial charge >= 0.3 is 6.03 Å². The molecule has 1 aromatic carbocycles. The quantitative estimate of drug-likeness (QED) is 0.833. The number of nitrogens with zero attached hydrogens (tertiary/aromatic N) is 2. The van der Waals surface area contributed by atoms with Crippen molar-refractivity contribution in [3.63, 3.8) is 0 Å². The Kier molecular flexibility index (Phi) is 4.03. The standard InChI is InChI=1S/C17H20FN3O3/c1-11(12-5-3-4-6-13(12)18)14(22)21-9-7-17(8-10-21)15(23)20(2)16(24)19-17/h3-6,11H,7-10H2,1-2H3,(H,19,24). The van der Waals surface area contributed by atoms with Gasteiger partial charge in [-0.2, -0.15) is 0 Å². The van der Waals surface area contributed by atoms with Crippen molar-refractivity contribution >= 4 is 17.8 Å². The number of halogens is 1. The van der Waals surface area contributed by atoms with Gasteiger partial charge in [-0.05, 0) is 31.4 Å². The molecule has 1 spiro atoms. The molecule has 2 heterocycles. The van der Waals surface area contributed by atoms with Crippen LogP contribution in [0, 0.1) is 5.82 Å². The summed E-state index contributed by atoms with van der Waals surface area (Å²) in [7, 11) is 1.45. The summed E-state index contributed by atoms with van der Waals surface area (Å²) in [4.78, 5) is 39.3. The van der Waals surface area contributed by atoms with Crippen LogP contribution in [0.15, 0.2) is 24.3 Å². The van der Waals surface area contributed by atoms with Crippen molar-refractivity contribution < 1.29 is 18.8 Å². The molecule has 1 unspecified atom stereocenters. The van der Waals surface area contributed by atoms with E-state index >= 15 is 0 Å². The molecule has 0 bridgehead atoms. The summed E-state index contributed by atoms with van der Waals surface area (Å²) >= 11 is 0. The highest BCUT2D eigenvalue weighted by molar-refractivity contribution is 6.06. The molecule has 0 aliphatic carbocycles. The van der Waals surface area contributed by atoms with E-state index in [9.17, 15) is 18.8 Å². The first-order valence-electron chi connectivity index (χ1n) is 7.99. The third-order valence-electron chi connectivity index (χ3n) is 5.04. The van der Waals surface area contributed by atoms with Crippen molar-refractivity contribution in [1.29, 1.82) is 0 Å². The van der Waals surface area contributed by atoms with Crippen molar-refractivity contribution in [1.82, 2.24) is 15.1 Å². The van der Waals surface area contributed by atoms with Crippen molar-refractivity contribution in [2.75, 3.05) is 20.1 Å². The van der Waals surface area contributed by atoms with E-state index in [4.69, 9.17) is 0 Å². The van der Waals surface area contributed by atoms with Crippen LogP contribution in [0.5, 0.6) is 0 Å². The molecule has 2 aliphatic heterocycles. The van der Waals surface area contributed by atoms with Crippen LogP contribution < -0.4 is 5.32 Å². The Morgan fingerprint density at radius 3 is 2.42 bits per heavy atom. The summed E-state index contributed by atoms with van der Waals surface area (Å²) in [5.74, 6) is -1.40. The van der Waals surface area contributed by atoms with E-state index in [0.717, 1.165) is 4.90 Å². The molecule has 1 atom stereocenters. The highest BCUT2D eigenvalue weighted by atomic mass is 19.1. The molecule has 128 valence electrons. The van der Waals surface area contributed by atoms with Crippen LogP contribution in [-0.2, 0) is 9.59 Å². The minimum absolute atomic E-state index is 0.167. The smallest absolute Gasteiger partial charge is 0.324 e. The zero-order chi connectivity index (χ0) is 17.5. The van der Waals surface area contributed by atoms with Gasteiger partial charge in [0.15, 0.2) is 0 Å². The van der Waals surface area contributed by atoms with Gasteiger partial charge in [0.1, 0.15) is 11.4 Å². The second-order valence-corrected chi connectivity index (χ2v) is 6.44. The molecule has 0 radical (unpaired) electrons. The number of nitrogens with one attached hydrogen (secondary N) is 1. The number of urea groups is 1. The van der Waals surface area contributed by atoms with Crippen LogP contribution in [0.2, 0.25) is 0 Å². The van der Waals surface area contributed by atoms with E-state index in [2.05, 4.69) is 5.32 Å². The van der Waals surface area contributed by atoms with Crippen molar-refractivity contribution in [2.45, 2.75) is 31.2 Å². The second kappa shape index (κ2) is 5.89. The van der Waals surface area contributed by atoms with Crippen molar-refractivity contribution in [3.05, 3.63) is 35.6 Å². The number of rotatable bonds is 2. The molecule has 2 fully saturated rings. The van der Waals surface area contributed by atoms with Crippen LogP contribution in [0.1, 0.15) is 31.2 Å². The molecule has 7 heteroatoms. The fourth-order valence-corrected chi connectivity index (χ4v) is 3.44. The summed E-state index contributed by atoms with van der Waals surface area (Å²) in [5, 5.41) is 2.74. The van der Waals surface area contributed by atoms with Gasteiger partial charge in [0.25, 0.3) is 5.91 Å². The largest absolute Gasteiger partial charge is 0.342 e. The first-order chi connectivity index (χ1) is 11.4. The van der Waals surface area contributed by atoms with Gasteiger partial charge in [-0.15, -0.1) is 0 Å². The average Bonchev–Trinajstić information content (AvgIpc) is 2.79. The number of likely N-dealkylation sites (N-methyl/N-ethyl adjacent to an activating group) is 1. The summed E-state index contributed by atoms with van der Waals surface area (Å²) in [5.41, 5.74) is -0.531. The summed E-state index contributed by atoms with van der Waals surface area (Å²) < 4.78 is 13.9. The number of piperidine rings is 1. The van der Waals surface area contributed by atoms with Gasteiger partial charge in [-0.3, -0.25) is 14.5 Å². The molecule has 0 saturated carbocycles. The van der Waals surface area contributed by atoms with E-state index in [1.165, 1.54) is 13.1 Å². The third kappa shape index (κ3) is 2.53. The van der Waals surface area contributed by atoms with Crippen LogP contribution in [0.3, 0.4) is 0 Å². The zero-order valence-corrected chi connectivity index (χ0v) is 13.7. The molecule has 0 aromatic heterocycles. The lowest BCUT2D eigenvalue weighted by Crippen LogP contribution is -2.56. The highest BCUT2D eigenvalue weighted by Crippen LogP contribution is 2.30. The Labute approximate surface area is 139 Å². The van der Waals surface area contributed by atoms with Gasteiger partial charge in [-0.25, -0.2) is 9.18 Å². The summed E-state index contributed by atoms with van der Waals surface area (Å²) in [6.45, 7) is 2.40. The number of carbonyl (C=O) groups is 3. The van der Waals surface area contributed by atoms with Crippen molar-refractivity contribution in [3.8, 4) is 0 Å². The van der Waals surface area contributed by atoms with Gasteiger partial charge < -0.3 is 10.2 Å². The fourth-order valence-electron chi connectivity index (χ4n) is 3.44. The normalized spacial score (nSPS) is 21.1. The number of imide groups is 1.